The number of carboxylic acids is 1. The highest BCUT2D eigenvalue weighted by molar-refractivity contribution is 5.94. The SMILES string of the molecule is CCC(NC(=O)/C=C/c1cccc(OC(C)C)c1)C(=O)O. The molecule has 0 bridgehead atoms. The molecule has 0 saturated heterocycles. The summed E-state index contributed by atoms with van der Waals surface area (Å²) in [4.78, 5) is 22.5. The number of benzene rings is 1. The number of amides is 1. The molecule has 1 unspecified atom stereocenters. The number of carbonyl (C=O) groups excluding carboxylic acids is 1. The van der Waals surface area contributed by atoms with E-state index in [1.807, 2.05) is 38.1 Å². The molecular formula is C16H21NO4. The van der Waals surface area contributed by atoms with E-state index in [9.17, 15) is 9.59 Å². The monoisotopic (exact) mass is 291 g/mol. The summed E-state index contributed by atoms with van der Waals surface area (Å²) in [5.74, 6) is -0.740. The minimum atomic E-state index is -1.04. The van der Waals surface area contributed by atoms with Gasteiger partial charge in [-0.2, -0.15) is 0 Å². The summed E-state index contributed by atoms with van der Waals surface area (Å²) in [6.45, 7) is 5.58. The molecule has 5 heteroatoms. The van der Waals surface area contributed by atoms with E-state index in [0.29, 0.717) is 6.42 Å². The molecule has 0 spiro atoms. The molecular weight excluding hydrogens is 270 g/mol. The molecule has 1 atom stereocenters. The van der Waals surface area contributed by atoms with Gasteiger partial charge >= 0.3 is 5.97 Å². The average molecular weight is 291 g/mol. The van der Waals surface area contributed by atoms with Crippen molar-refractivity contribution in [2.24, 2.45) is 0 Å². The highest BCUT2D eigenvalue weighted by Crippen LogP contribution is 2.15. The van der Waals surface area contributed by atoms with E-state index in [0.717, 1.165) is 11.3 Å². The molecule has 5 nitrogen and oxygen atoms in total. The third-order valence-electron chi connectivity index (χ3n) is 2.68. The molecule has 0 aliphatic rings. The van der Waals surface area contributed by atoms with Crippen LogP contribution >= 0.6 is 0 Å². The molecule has 1 aromatic carbocycles. The van der Waals surface area contributed by atoms with Crippen LogP contribution in [0.5, 0.6) is 5.75 Å². The fourth-order valence-electron chi connectivity index (χ4n) is 1.69. The van der Waals surface area contributed by atoms with Crippen molar-refractivity contribution >= 4 is 18.0 Å². The van der Waals surface area contributed by atoms with Crippen LogP contribution in [0.1, 0.15) is 32.8 Å². The van der Waals surface area contributed by atoms with E-state index < -0.39 is 17.9 Å². The van der Waals surface area contributed by atoms with Crippen molar-refractivity contribution in [1.82, 2.24) is 5.32 Å². The highest BCUT2D eigenvalue weighted by atomic mass is 16.5. The molecule has 114 valence electrons. The van der Waals surface area contributed by atoms with Crippen molar-refractivity contribution in [3.8, 4) is 5.75 Å². The lowest BCUT2D eigenvalue weighted by Crippen LogP contribution is -2.39. The number of aliphatic carboxylic acids is 1. The number of rotatable bonds is 7. The fraction of sp³-hybridized carbons (Fsp3) is 0.375. The third-order valence-corrected chi connectivity index (χ3v) is 2.68. The highest BCUT2D eigenvalue weighted by Gasteiger charge is 2.15. The Morgan fingerprint density at radius 3 is 2.67 bits per heavy atom. The Kier molecular flexibility index (Phi) is 6.46. The van der Waals surface area contributed by atoms with E-state index in [1.54, 1.807) is 13.0 Å². The molecule has 1 amide bonds. The molecule has 0 fully saturated rings. The standard InChI is InChI=1S/C16H21NO4/c1-4-14(16(19)20)17-15(18)9-8-12-6-5-7-13(10-12)21-11(2)3/h5-11,14H,4H2,1-3H3,(H,17,18)(H,19,20)/b9-8+. The van der Waals surface area contributed by atoms with Crippen LogP contribution in [0.4, 0.5) is 0 Å². The van der Waals surface area contributed by atoms with Crippen LogP contribution in [0.15, 0.2) is 30.3 Å². The van der Waals surface area contributed by atoms with Gasteiger partial charge in [-0.15, -0.1) is 0 Å². The van der Waals surface area contributed by atoms with Crippen LogP contribution in [0.2, 0.25) is 0 Å². The van der Waals surface area contributed by atoms with Crippen LogP contribution < -0.4 is 10.1 Å². The predicted octanol–water partition coefficient (Wildman–Crippen LogP) is 2.47. The van der Waals surface area contributed by atoms with Crippen LogP contribution in [0.3, 0.4) is 0 Å². The maximum Gasteiger partial charge on any atom is 0.326 e. The van der Waals surface area contributed by atoms with Gasteiger partial charge in [0.15, 0.2) is 0 Å². The maximum atomic E-state index is 11.7. The number of carbonyl (C=O) groups is 2. The fourth-order valence-corrected chi connectivity index (χ4v) is 1.69. The van der Waals surface area contributed by atoms with Crippen molar-refractivity contribution in [3.63, 3.8) is 0 Å². The molecule has 2 N–H and O–H groups in total. The lowest BCUT2D eigenvalue weighted by Gasteiger charge is -2.10. The van der Waals surface area contributed by atoms with E-state index in [-0.39, 0.29) is 6.10 Å². The number of carboxylic acid groups (broad SMARTS) is 1. The topological polar surface area (TPSA) is 75.6 Å². The Balaban J connectivity index is 2.67. The van der Waals surface area contributed by atoms with E-state index in [2.05, 4.69) is 5.32 Å². The summed E-state index contributed by atoms with van der Waals surface area (Å²) < 4.78 is 5.56. The van der Waals surface area contributed by atoms with Gasteiger partial charge in [-0.1, -0.05) is 19.1 Å². The Morgan fingerprint density at radius 2 is 2.10 bits per heavy atom. The minimum absolute atomic E-state index is 0.0772. The third kappa shape index (κ3) is 6.12. The van der Waals surface area contributed by atoms with Gasteiger partial charge in [0, 0.05) is 6.08 Å². The first kappa shape index (κ1) is 16.8. The molecule has 0 aromatic heterocycles. The molecule has 0 saturated carbocycles. The average Bonchev–Trinajstić information content (AvgIpc) is 2.42. The van der Waals surface area contributed by atoms with Gasteiger partial charge in [0.25, 0.3) is 0 Å². The summed E-state index contributed by atoms with van der Waals surface area (Å²) >= 11 is 0. The Morgan fingerprint density at radius 1 is 1.38 bits per heavy atom. The number of hydrogen-bond acceptors (Lipinski definition) is 3. The Labute approximate surface area is 124 Å². The van der Waals surface area contributed by atoms with Crippen LogP contribution in [0.25, 0.3) is 6.08 Å². The van der Waals surface area contributed by atoms with Crippen molar-refractivity contribution < 1.29 is 19.4 Å². The number of nitrogens with one attached hydrogen (secondary N) is 1. The Hall–Kier alpha value is -2.30. The largest absolute Gasteiger partial charge is 0.491 e. The molecule has 0 aliphatic carbocycles. The van der Waals surface area contributed by atoms with E-state index in [1.165, 1.54) is 6.08 Å². The smallest absolute Gasteiger partial charge is 0.326 e. The normalized spacial score (nSPS) is 12.4. The van der Waals surface area contributed by atoms with Crippen LogP contribution in [0, 0.1) is 0 Å². The van der Waals surface area contributed by atoms with E-state index in [4.69, 9.17) is 9.84 Å². The summed E-state index contributed by atoms with van der Waals surface area (Å²) in [6, 6.07) is 6.47. The Bertz CT molecular complexity index is 523. The van der Waals surface area contributed by atoms with Gasteiger partial charge in [-0.25, -0.2) is 4.79 Å². The zero-order chi connectivity index (χ0) is 15.8. The predicted molar refractivity (Wildman–Crippen MR) is 81.1 cm³/mol. The minimum Gasteiger partial charge on any atom is -0.491 e. The molecule has 1 rings (SSSR count). The second-order valence-corrected chi connectivity index (χ2v) is 4.88. The number of hydrogen-bond donors (Lipinski definition) is 2. The summed E-state index contributed by atoms with van der Waals surface area (Å²) in [7, 11) is 0. The quantitative estimate of drug-likeness (QED) is 0.757. The first-order valence-electron chi connectivity index (χ1n) is 6.90. The second kappa shape index (κ2) is 8.09. The first-order chi connectivity index (χ1) is 9.92. The van der Waals surface area contributed by atoms with Gasteiger partial charge in [0.1, 0.15) is 11.8 Å². The van der Waals surface area contributed by atoms with E-state index >= 15 is 0 Å². The lowest BCUT2D eigenvalue weighted by molar-refractivity contribution is -0.141. The van der Waals surface area contributed by atoms with Crippen molar-refractivity contribution in [3.05, 3.63) is 35.9 Å². The lowest BCUT2D eigenvalue weighted by atomic mass is 10.2. The summed E-state index contributed by atoms with van der Waals surface area (Å²) in [6.07, 6.45) is 3.36. The molecule has 0 aliphatic heterocycles. The van der Waals surface area contributed by atoms with Gasteiger partial charge < -0.3 is 15.2 Å². The van der Waals surface area contributed by atoms with Crippen LogP contribution in [-0.4, -0.2) is 29.1 Å². The van der Waals surface area contributed by atoms with Crippen LogP contribution in [-0.2, 0) is 9.59 Å². The van der Waals surface area contributed by atoms with Crippen molar-refractivity contribution in [2.45, 2.75) is 39.3 Å². The molecule has 1 aromatic rings. The summed E-state index contributed by atoms with van der Waals surface area (Å²) in [5.41, 5.74) is 0.812. The zero-order valence-corrected chi connectivity index (χ0v) is 12.5. The molecule has 21 heavy (non-hydrogen) atoms. The molecule has 0 radical (unpaired) electrons. The van der Waals surface area contributed by atoms with Gasteiger partial charge in [-0.3, -0.25) is 4.79 Å². The van der Waals surface area contributed by atoms with Gasteiger partial charge in [0.2, 0.25) is 5.91 Å². The molecule has 0 heterocycles. The maximum absolute atomic E-state index is 11.7. The van der Waals surface area contributed by atoms with Crippen molar-refractivity contribution in [1.29, 1.82) is 0 Å². The second-order valence-electron chi connectivity index (χ2n) is 4.88. The summed E-state index contributed by atoms with van der Waals surface area (Å²) in [5, 5.41) is 11.3. The number of ether oxygens (including phenoxy) is 1. The van der Waals surface area contributed by atoms with Gasteiger partial charge in [0.05, 0.1) is 6.10 Å². The first-order valence-corrected chi connectivity index (χ1v) is 6.90. The zero-order valence-electron chi connectivity index (χ0n) is 12.5. The van der Waals surface area contributed by atoms with Crippen molar-refractivity contribution in [2.75, 3.05) is 0 Å². The van der Waals surface area contributed by atoms with Gasteiger partial charge in [-0.05, 0) is 44.0 Å².